The van der Waals surface area contributed by atoms with Crippen LogP contribution >= 0.6 is 0 Å². The molecule has 0 aliphatic heterocycles. The highest BCUT2D eigenvalue weighted by atomic mass is 32.2. The average molecular weight is 444 g/mol. The zero-order valence-corrected chi connectivity index (χ0v) is 17.3. The second-order valence-corrected chi connectivity index (χ2v) is 8.27. The molecule has 1 heterocycles. The van der Waals surface area contributed by atoms with Crippen LogP contribution in [0.5, 0.6) is 0 Å². The number of aromatic nitrogens is 2. The number of hydrogen-bond acceptors (Lipinski definition) is 6. The van der Waals surface area contributed by atoms with Gasteiger partial charge in [-0.25, -0.2) is 22.8 Å². The van der Waals surface area contributed by atoms with Gasteiger partial charge < -0.3 is 10.6 Å². The number of halogens is 1. The molecule has 3 aromatic rings. The number of anilines is 1. The quantitative estimate of drug-likeness (QED) is 0.412. The molecule has 3 N–H and O–H groups in total. The topological polar surface area (TPSA) is 113 Å². The molecule has 0 aliphatic rings. The second kappa shape index (κ2) is 10.6. The molecule has 162 valence electrons. The highest BCUT2D eigenvalue weighted by Crippen LogP contribution is 2.15. The third-order valence-electron chi connectivity index (χ3n) is 4.30. The van der Waals surface area contributed by atoms with Gasteiger partial charge in [-0.15, -0.1) is 0 Å². The van der Waals surface area contributed by atoms with Crippen molar-refractivity contribution in [2.45, 2.75) is 17.4 Å². The van der Waals surface area contributed by atoms with Crippen LogP contribution < -0.4 is 15.4 Å². The van der Waals surface area contributed by atoms with Crippen molar-refractivity contribution in [3.05, 3.63) is 84.4 Å². The lowest BCUT2D eigenvalue weighted by atomic mass is 10.1. The molecule has 1 unspecified atom stereocenters. The van der Waals surface area contributed by atoms with Crippen LogP contribution in [0.1, 0.15) is 5.56 Å². The molecule has 0 saturated carbocycles. The third kappa shape index (κ3) is 6.56. The van der Waals surface area contributed by atoms with Crippen LogP contribution in [0.25, 0.3) is 0 Å². The first-order valence-electron chi connectivity index (χ1n) is 9.55. The summed E-state index contributed by atoms with van der Waals surface area (Å²) in [5, 5.41) is 5.63. The molecule has 3 rings (SSSR count). The Morgan fingerprint density at radius 1 is 0.935 bits per heavy atom. The van der Waals surface area contributed by atoms with Crippen molar-refractivity contribution in [1.29, 1.82) is 0 Å². The van der Waals surface area contributed by atoms with Crippen LogP contribution in [0.4, 0.5) is 10.3 Å². The molecular weight excluding hydrogens is 421 g/mol. The van der Waals surface area contributed by atoms with Crippen LogP contribution in [0.2, 0.25) is 0 Å². The Balaban J connectivity index is 1.68. The zero-order valence-electron chi connectivity index (χ0n) is 16.5. The van der Waals surface area contributed by atoms with Crippen molar-refractivity contribution >= 4 is 21.9 Å². The number of rotatable bonds is 10. The summed E-state index contributed by atoms with van der Waals surface area (Å²) in [7, 11) is -4.25. The van der Waals surface area contributed by atoms with E-state index < -0.39 is 32.7 Å². The number of carbonyl (C=O) groups is 1. The van der Waals surface area contributed by atoms with E-state index in [1.165, 1.54) is 12.1 Å². The summed E-state index contributed by atoms with van der Waals surface area (Å²) in [4.78, 5) is 20.3. The highest BCUT2D eigenvalue weighted by molar-refractivity contribution is 7.89. The summed E-state index contributed by atoms with van der Waals surface area (Å²) in [5.74, 6) is -1.00. The van der Waals surface area contributed by atoms with Crippen LogP contribution in [-0.2, 0) is 21.2 Å². The Labute approximate surface area is 180 Å². The summed E-state index contributed by atoms with van der Waals surface area (Å²) >= 11 is 0. The maximum absolute atomic E-state index is 14.0. The summed E-state index contributed by atoms with van der Waals surface area (Å²) in [6.07, 6.45) is 3.28. The minimum absolute atomic E-state index is 0.107. The van der Waals surface area contributed by atoms with Gasteiger partial charge >= 0.3 is 0 Å². The van der Waals surface area contributed by atoms with E-state index in [-0.39, 0.29) is 13.0 Å². The summed E-state index contributed by atoms with van der Waals surface area (Å²) in [6.45, 7) is 0.553. The fourth-order valence-corrected chi connectivity index (χ4v) is 4.10. The molecule has 2 aromatic carbocycles. The molecule has 0 fully saturated rings. The molecule has 31 heavy (non-hydrogen) atoms. The molecule has 1 aromatic heterocycles. The van der Waals surface area contributed by atoms with Crippen molar-refractivity contribution in [2.75, 3.05) is 18.4 Å². The molecule has 0 bridgehead atoms. The predicted octanol–water partition coefficient (Wildman–Crippen LogP) is 1.73. The zero-order chi connectivity index (χ0) is 22.1. The first kappa shape index (κ1) is 22.3. The van der Waals surface area contributed by atoms with Crippen molar-refractivity contribution in [1.82, 2.24) is 20.0 Å². The molecule has 1 atom stereocenters. The van der Waals surface area contributed by atoms with Crippen molar-refractivity contribution in [2.24, 2.45) is 0 Å². The Kier molecular flexibility index (Phi) is 7.63. The van der Waals surface area contributed by atoms with Crippen LogP contribution in [0.15, 0.2) is 78.0 Å². The van der Waals surface area contributed by atoms with Crippen molar-refractivity contribution in [3.8, 4) is 0 Å². The Hall–Kier alpha value is -3.37. The van der Waals surface area contributed by atoms with E-state index in [2.05, 4.69) is 25.3 Å². The normalized spacial score (nSPS) is 12.2. The van der Waals surface area contributed by atoms with Crippen LogP contribution in [0, 0.1) is 5.82 Å². The minimum atomic E-state index is -4.25. The largest absolute Gasteiger partial charge is 0.353 e. The summed E-state index contributed by atoms with van der Waals surface area (Å²) in [5.41, 5.74) is 0.759. The van der Waals surface area contributed by atoms with Gasteiger partial charge in [0.2, 0.25) is 21.9 Å². The number of carbonyl (C=O) groups excluding carboxylic acids is 1. The summed E-state index contributed by atoms with van der Waals surface area (Å²) in [6, 6.07) is 14.5. The molecule has 1 amide bonds. The van der Waals surface area contributed by atoms with Gasteiger partial charge in [0, 0.05) is 25.5 Å². The number of hydrogen-bond donors (Lipinski definition) is 3. The average Bonchev–Trinajstić information content (AvgIpc) is 2.77. The van der Waals surface area contributed by atoms with Crippen LogP contribution in [0.3, 0.4) is 0 Å². The first-order chi connectivity index (χ1) is 15.0. The summed E-state index contributed by atoms with van der Waals surface area (Å²) < 4.78 is 41.8. The van der Waals surface area contributed by atoms with Gasteiger partial charge in [0.1, 0.15) is 16.8 Å². The van der Waals surface area contributed by atoms with Gasteiger partial charge in [-0.2, -0.15) is 4.72 Å². The molecule has 10 heteroatoms. The Bertz CT molecular complexity index is 1100. The molecule has 0 radical (unpaired) electrons. The fourth-order valence-electron chi connectivity index (χ4n) is 2.82. The van der Waals surface area contributed by atoms with E-state index in [0.29, 0.717) is 12.5 Å². The molecule has 0 saturated heterocycles. The first-order valence-corrected chi connectivity index (χ1v) is 11.0. The second-order valence-electron chi connectivity index (χ2n) is 6.58. The molecule has 8 nitrogen and oxygen atoms in total. The van der Waals surface area contributed by atoms with Crippen molar-refractivity contribution < 1.29 is 17.6 Å². The monoisotopic (exact) mass is 443 g/mol. The maximum atomic E-state index is 14.0. The smallest absolute Gasteiger partial charge is 0.244 e. The van der Waals surface area contributed by atoms with Crippen LogP contribution in [-0.4, -0.2) is 43.4 Å². The van der Waals surface area contributed by atoms with E-state index >= 15 is 0 Å². The van der Waals surface area contributed by atoms with Gasteiger partial charge in [0.25, 0.3) is 0 Å². The van der Waals surface area contributed by atoms with Gasteiger partial charge in [-0.3, -0.25) is 4.79 Å². The Morgan fingerprint density at radius 2 is 1.61 bits per heavy atom. The van der Waals surface area contributed by atoms with E-state index in [4.69, 9.17) is 0 Å². The van der Waals surface area contributed by atoms with Gasteiger partial charge in [-0.05, 0) is 30.2 Å². The highest BCUT2D eigenvalue weighted by Gasteiger charge is 2.27. The third-order valence-corrected chi connectivity index (χ3v) is 5.80. The lowest BCUT2D eigenvalue weighted by Crippen LogP contribution is -2.48. The van der Waals surface area contributed by atoms with E-state index in [0.717, 1.165) is 17.7 Å². The van der Waals surface area contributed by atoms with Gasteiger partial charge in [0.05, 0.1) is 0 Å². The van der Waals surface area contributed by atoms with E-state index in [9.17, 15) is 17.6 Å². The minimum Gasteiger partial charge on any atom is -0.353 e. The fraction of sp³-hybridized carbons (Fsp3) is 0.190. The number of nitrogens with zero attached hydrogens (tertiary/aromatic N) is 2. The molecular formula is C21H22FN5O3S. The van der Waals surface area contributed by atoms with Gasteiger partial charge in [-0.1, -0.05) is 42.5 Å². The SMILES string of the molecule is O=C(NCCNc1ncccn1)C(Cc1ccccc1)NS(=O)(=O)c1ccccc1F. The van der Waals surface area contributed by atoms with E-state index in [1.54, 1.807) is 42.7 Å². The van der Waals surface area contributed by atoms with E-state index in [1.807, 2.05) is 6.07 Å². The molecule has 0 spiro atoms. The number of amides is 1. The number of benzene rings is 2. The lowest BCUT2D eigenvalue weighted by Gasteiger charge is -2.19. The predicted molar refractivity (Wildman–Crippen MR) is 114 cm³/mol. The van der Waals surface area contributed by atoms with Gasteiger partial charge in [0.15, 0.2) is 0 Å². The maximum Gasteiger partial charge on any atom is 0.244 e. The van der Waals surface area contributed by atoms with Crippen molar-refractivity contribution in [3.63, 3.8) is 0 Å². The standard InChI is InChI=1S/C21H22FN5O3S/c22-17-9-4-5-10-19(17)31(29,30)27-18(15-16-7-2-1-3-8-16)20(28)23-13-14-26-21-24-11-6-12-25-21/h1-12,18,27H,13-15H2,(H,23,28)(H,24,25,26). The lowest BCUT2D eigenvalue weighted by molar-refractivity contribution is -0.122. The molecule has 0 aliphatic carbocycles. The number of nitrogens with one attached hydrogen (secondary N) is 3. The Morgan fingerprint density at radius 3 is 2.32 bits per heavy atom. The number of sulfonamides is 1.